The van der Waals surface area contributed by atoms with Crippen molar-refractivity contribution in [3.8, 4) is 6.07 Å². The molecule has 0 saturated heterocycles. The second-order valence-corrected chi connectivity index (χ2v) is 4.31. The van der Waals surface area contributed by atoms with Gasteiger partial charge >= 0.3 is 6.18 Å². The zero-order valence-corrected chi connectivity index (χ0v) is 10.7. The van der Waals surface area contributed by atoms with E-state index in [0.29, 0.717) is 5.56 Å². The van der Waals surface area contributed by atoms with Crippen LogP contribution in [-0.4, -0.2) is 0 Å². The number of nitrogens with zero attached hydrogens (tertiary/aromatic N) is 1. The number of alkyl halides is 3. The highest BCUT2D eigenvalue weighted by atomic mass is 19.4. The van der Waals surface area contributed by atoms with Crippen LogP contribution in [0.25, 0.3) is 0 Å². The topological polar surface area (TPSA) is 35.8 Å². The van der Waals surface area contributed by atoms with Crippen molar-refractivity contribution in [3.63, 3.8) is 0 Å². The van der Waals surface area contributed by atoms with Gasteiger partial charge in [0.2, 0.25) is 0 Å². The maximum absolute atomic E-state index is 13.4. The highest BCUT2D eigenvalue weighted by molar-refractivity contribution is 5.59. The molecule has 1 N–H and O–H groups in total. The van der Waals surface area contributed by atoms with Crippen LogP contribution >= 0.6 is 0 Å². The molecular formula is C15H10F4N2. The molecule has 0 amide bonds. The molecular weight excluding hydrogens is 284 g/mol. The number of benzene rings is 2. The lowest BCUT2D eigenvalue weighted by molar-refractivity contribution is -0.137. The maximum atomic E-state index is 13.4. The van der Waals surface area contributed by atoms with Crippen LogP contribution in [0.4, 0.5) is 23.2 Å². The maximum Gasteiger partial charge on any atom is 0.416 e. The fraction of sp³-hybridized carbons (Fsp3) is 0.133. The average Bonchev–Trinajstić information content (AvgIpc) is 2.45. The van der Waals surface area contributed by atoms with Gasteiger partial charge in [0.25, 0.3) is 0 Å². The van der Waals surface area contributed by atoms with E-state index >= 15 is 0 Å². The third kappa shape index (κ3) is 3.51. The first kappa shape index (κ1) is 14.9. The largest absolute Gasteiger partial charge is 0.416 e. The van der Waals surface area contributed by atoms with Crippen molar-refractivity contribution in [1.82, 2.24) is 0 Å². The average molecular weight is 294 g/mol. The first-order valence-electron chi connectivity index (χ1n) is 6.00. The first-order chi connectivity index (χ1) is 9.91. The Labute approximate surface area is 118 Å². The molecule has 0 spiro atoms. The van der Waals surface area contributed by atoms with Crippen molar-refractivity contribution in [2.45, 2.75) is 12.7 Å². The molecule has 6 heteroatoms. The molecule has 0 aliphatic rings. The van der Waals surface area contributed by atoms with Gasteiger partial charge in [0.1, 0.15) is 11.9 Å². The van der Waals surface area contributed by atoms with E-state index in [0.717, 1.165) is 12.1 Å². The van der Waals surface area contributed by atoms with Crippen molar-refractivity contribution in [2.24, 2.45) is 0 Å². The summed E-state index contributed by atoms with van der Waals surface area (Å²) in [7, 11) is 0. The minimum atomic E-state index is -4.50. The Hall–Kier alpha value is -2.55. The second kappa shape index (κ2) is 5.83. The summed E-state index contributed by atoms with van der Waals surface area (Å²) in [6.45, 7) is 0.0761. The van der Waals surface area contributed by atoms with E-state index in [4.69, 9.17) is 5.26 Å². The van der Waals surface area contributed by atoms with Gasteiger partial charge in [-0.1, -0.05) is 18.2 Å². The number of nitriles is 1. The van der Waals surface area contributed by atoms with Gasteiger partial charge < -0.3 is 5.32 Å². The molecule has 0 unspecified atom stereocenters. The lowest BCUT2D eigenvalue weighted by atomic mass is 10.1. The number of nitrogens with one attached hydrogen (secondary N) is 1. The Morgan fingerprint density at radius 1 is 1.10 bits per heavy atom. The molecule has 0 saturated carbocycles. The summed E-state index contributed by atoms with van der Waals surface area (Å²) >= 11 is 0. The zero-order chi connectivity index (χ0) is 15.5. The number of hydrogen-bond acceptors (Lipinski definition) is 2. The van der Waals surface area contributed by atoms with E-state index in [-0.39, 0.29) is 17.8 Å². The van der Waals surface area contributed by atoms with E-state index in [2.05, 4.69) is 5.32 Å². The quantitative estimate of drug-likeness (QED) is 0.855. The van der Waals surface area contributed by atoms with E-state index in [1.165, 1.54) is 18.2 Å². The summed E-state index contributed by atoms with van der Waals surface area (Å²) in [4.78, 5) is 0. The Balaban J connectivity index is 2.22. The van der Waals surface area contributed by atoms with Crippen LogP contribution in [0.2, 0.25) is 0 Å². The highest BCUT2D eigenvalue weighted by Gasteiger charge is 2.31. The first-order valence-corrected chi connectivity index (χ1v) is 6.00. The molecule has 21 heavy (non-hydrogen) atoms. The van der Waals surface area contributed by atoms with Gasteiger partial charge in [-0.05, 0) is 24.3 Å². The van der Waals surface area contributed by atoms with Crippen molar-refractivity contribution in [3.05, 3.63) is 65.0 Å². The van der Waals surface area contributed by atoms with Gasteiger partial charge in [-0.2, -0.15) is 18.4 Å². The summed E-state index contributed by atoms with van der Waals surface area (Å²) in [6, 6.07) is 10.5. The van der Waals surface area contributed by atoms with Crippen LogP contribution in [-0.2, 0) is 12.7 Å². The fourth-order valence-electron chi connectivity index (χ4n) is 1.80. The van der Waals surface area contributed by atoms with Gasteiger partial charge in [0.15, 0.2) is 0 Å². The molecule has 0 fully saturated rings. The predicted molar refractivity (Wildman–Crippen MR) is 69.9 cm³/mol. The Morgan fingerprint density at radius 2 is 1.81 bits per heavy atom. The highest BCUT2D eigenvalue weighted by Crippen LogP contribution is 2.31. The van der Waals surface area contributed by atoms with Crippen LogP contribution in [0, 0.1) is 17.1 Å². The zero-order valence-electron chi connectivity index (χ0n) is 10.7. The smallest absolute Gasteiger partial charge is 0.380 e. The molecule has 2 nitrogen and oxygen atoms in total. The van der Waals surface area contributed by atoms with Crippen molar-refractivity contribution in [2.75, 3.05) is 5.32 Å². The van der Waals surface area contributed by atoms with E-state index < -0.39 is 17.6 Å². The van der Waals surface area contributed by atoms with Crippen molar-refractivity contribution in [1.29, 1.82) is 5.26 Å². The van der Waals surface area contributed by atoms with Gasteiger partial charge in [-0.3, -0.25) is 0 Å². The second-order valence-electron chi connectivity index (χ2n) is 4.31. The van der Waals surface area contributed by atoms with Gasteiger partial charge in [-0.15, -0.1) is 0 Å². The minimum absolute atomic E-state index is 0.0761. The van der Waals surface area contributed by atoms with Crippen molar-refractivity contribution >= 4 is 5.69 Å². The van der Waals surface area contributed by atoms with E-state index in [1.54, 1.807) is 18.2 Å². The number of anilines is 1. The third-order valence-corrected chi connectivity index (χ3v) is 2.89. The van der Waals surface area contributed by atoms with Crippen LogP contribution < -0.4 is 5.32 Å². The summed E-state index contributed by atoms with van der Waals surface area (Å²) in [6.07, 6.45) is -4.50. The summed E-state index contributed by atoms with van der Waals surface area (Å²) in [5.41, 5.74) is -0.438. The van der Waals surface area contributed by atoms with Crippen LogP contribution in [0.1, 0.15) is 16.7 Å². The minimum Gasteiger partial charge on any atom is -0.380 e. The molecule has 2 rings (SSSR count). The molecule has 2 aromatic rings. The van der Waals surface area contributed by atoms with Crippen LogP contribution in [0.15, 0.2) is 42.5 Å². The molecule has 0 atom stereocenters. The van der Waals surface area contributed by atoms with Gasteiger partial charge in [0, 0.05) is 12.1 Å². The summed E-state index contributed by atoms with van der Waals surface area (Å²) in [5.74, 6) is -0.421. The lowest BCUT2D eigenvalue weighted by Gasteiger charge is -2.12. The van der Waals surface area contributed by atoms with Gasteiger partial charge in [-0.25, -0.2) is 4.39 Å². The van der Waals surface area contributed by atoms with E-state index in [9.17, 15) is 17.6 Å². The monoisotopic (exact) mass is 294 g/mol. The molecule has 0 heterocycles. The molecule has 2 aromatic carbocycles. The Morgan fingerprint density at radius 3 is 2.43 bits per heavy atom. The summed E-state index contributed by atoms with van der Waals surface area (Å²) < 4.78 is 51.1. The summed E-state index contributed by atoms with van der Waals surface area (Å²) in [5, 5.41) is 11.7. The molecule has 0 bridgehead atoms. The molecule has 0 aliphatic carbocycles. The number of rotatable bonds is 3. The van der Waals surface area contributed by atoms with Gasteiger partial charge in [0.05, 0.1) is 16.8 Å². The third-order valence-electron chi connectivity index (χ3n) is 2.89. The number of hydrogen-bond donors (Lipinski definition) is 1. The van der Waals surface area contributed by atoms with E-state index in [1.807, 2.05) is 0 Å². The lowest BCUT2D eigenvalue weighted by Crippen LogP contribution is -2.07. The standard InChI is InChI=1S/C15H10F4N2/c16-13-4-2-1-3-10(13)9-21-14-6-5-12(15(17,18)19)7-11(14)8-20/h1-7,21H,9H2. The molecule has 108 valence electrons. The number of halogens is 4. The molecule has 0 aliphatic heterocycles. The Bertz CT molecular complexity index is 687. The predicted octanol–water partition coefficient (Wildman–Crippen LogP) is 4.33. The van der Waals surface area contributed by atoms with Crippen molar-refractivity contribution < 1.29 is 17.6 Å². The van der Waals surface area contributed by atoms with Crippen LogP contribution in [0.3, 0.4) is 0 Å². The molecule has 0 radical (unpaired) electrons. The SMILES string of the molecule is N#Cc1cc(C(F)(F)F)ccc1NCc1ccccc1F. The normalized spacial score (nSPS) is 11.0. The van der Waals surface area contributed by atoms with Crippen LogP contribution in [0.5, 0.6) is 0 Å². The molecule has 0 aromatic heterocycles. The Kier molecular flexibility index (Phi) is 4.13. The fourth-order valence-corrected chi connectivity index (χ4v) is 1.80.